The minimum absolute atomic E-state index is 0.0304. The Morgan fingerprint density at radius 3 is 2.19 bits per heavy atom. The van der Waals surface area contributed by atoms with E-state index in [0.717, 1.165) is 5.56 Å². The predicted octanol–water partition coefficient (Wildman–Crippen LogP) is 4.83. The summed E-state index contributed by atoms with van der Waals surface area (Å²) < 4.78 is 5.47. The number of hydrogen-bond acceptors (Lipinski definition) is 6. The molecule has 9 heteroatoms. The summed E-state index contributed by atoms with van der Waals surface area (Å²) in [6.07, 6.45) is 0.0329. The number of ether oxygens (including phenoxy) is 1. The molecule has 4 unspecified atom stereocenters. The van der Waals surface area contributed by atoms with Crippen molar-refractivity contribution in [3.8, 4) is 11.5 Å². The third-order valence-corrected chi connectivity index (χ3v) is 7.07. The van der Waals surface area contributed by atoms with Crippen LogP contribution in [0.3, 0.4) is 0 Å². The van der Waals surface area contributed by atoms with Crippen molar-refractivity contribution >= 4 is 17.9 Å². The van der Waals surface area contributed by atoms with E-state index < -0.39 is 35.6 Å². The average Bonchev–Trinajstić information content (AvgIpc) is 3.65. The largest absolute Gasteiger partial charge is 0.508 e. The van der Waals surface area contributed by atoms with Crippen molar-refractivity contribution in [3.63, 3.8) is 0 Å². The molecule has 1 fully saturated rings. The van der Waals surface area contributed by atoms with E-state index in [4.69, 9.17) is 4.74 Å². The molecular formula is C33H39N3O6. The molecule has 3 amide bonds. The lowest BCUT2D eigenvalue weighted by Gasteiger charge is -2.35. The number of rotatable bonds is 10. The van der Waals surface area contributed by atoms with Gasteiger partial charge in [0.15, 0.2) is 0 Å². The highest BCUT2D eigenvalue weighted by atomic mass is 16.6. The minimum Gasteiger partial charge on any atom is -0.508 e. The van der Waals surface area contributed by atoms with Crippen LogP contribution >= 0.6 is 0 Å². The average molecular weight is 574 g/mol. The van der Waals surface area contributed by atoms with Gasteiger partial charge in [0.1, 0.15) is 29.2 Å². The highest BCUT2D eigenvalue weighted by Gasteiger charge is 2.48. The molecule has 3 aromatic rings. The molecule has 0 heterocycles. The normalized spacial score (nSPS) is 17.4. The lowest BCUT2D eigenvalue weighted by atomic mass is 9.99. The Hall–Kier alpha value is -4.53. The van der Waals surface area contributed by atoms with E-state index >= 15 is 0 Å². The number of hydrogen-bond donors (Lipinski definition) is 4. The van der Waals surface area contributed by atoms with Gasteiger partial charge < -0.3 is 30.5 Å². The molecule has 3 aromatic carbocycles. The Morgan fingerprint density at radius 2 is 1.60 bits per heavy atom. The van der Waals surface area contributed by atoms with Gasteiger partial charge in [-0.05, 0) is 74.1 Å². The van der Waals surface area contributed by atoms with Crippen molar-refractivity contribution in [2.24, 2.45) is 5.92 Å². The maximum absolute atomic E-state index is 14.5. The molecule has 1 aliphatic carbocycles. The third-order valence-electron chi connectivity index (χ3n) is 7.07. The molecule has 222 valence electrons. The Bertz CT molecular complexity index is 1390. The first kappa shape index (κ1) is 30.4. The second-order valence-corrected chi connectivity index (χ2v) is 11.8. The number of nitrogens with one attached hydrogen (secondary N) is 2. The molecule has 0 radical (unpaired) electrons. The number of benzene rings is 3. The molecule has 9 nitrogen and oxygen atoms in total. The van der Waals surface area contributed by atoms with Crippen LogP contribution in [0.25, 0.3) is 0 Å². The SMILES string of the molecule is CC1CC1N(C(=O)C(Cc1ccc(O)cc1)NC(=O)OC(C)(C)C)C(C(=O)NCc1ccccc1)c1cccc(O)c1. The first-order valence-electron chi connectivity index (χ1n) is 14.1. The van der Waals surface area contributed by atoms with Gasteiger partial charge in [-0.25, -0.2) is 4.79 Å². The zero-order valence-corrected chi connectivity index (χ0v) is 24.4. The van der Waals surface area contributed by atoms with Crippen molar-refractivity contribution < 1.29 is 29.3 Å². The fourth-order valence-electron chi connectivity index (χ4n) is 4.88. The maximum atomic E-state index is 14.5. The Morgan fingerprint density at radius 1 is 0.929 bits per heavy atom. The molecule has 0 spiro atoms. The monoisotopic (exact) mass is 573 g/mol. The number of nitrogens with zero attached hydrogens (tertiary/aromatic N) is 1. The van der Waals surface area contributed by atoms with E-state index in [1.165, 1.54) is 24.3 Å². The third kappa shape index (κ3) is 8.25. The molecule has 4 rings (SSSR count). The van der Waals surface area contributed by atoms with Gasteiger partial charge in [0.25, 0.3) is 0 Å². The zero-order chi connectivity index (χ0) is 30.4. The van der Waals surface area contributed by atoms with Crippen LogP contribution in [0.2, 0.25) is 0 Å². The molecular weight excluding hydrogens is 534 g/mol. The summed E-state index contributed by atoms with van der Waals surface area (Å²) in [7, 11) is 0. The van der Waals surface area contributed by atoms with E-state index in [-0.39, 0.29) is 36.4 Å². The summed E-state index contributed by atoms with van der Waals surface area (Å²) in [6.45, 7) is 7.45. The Balaban J connectivity index is 1.70. The van der Waals surface area contributed by atoms with Crippen LogP contribution < -0.4 is 10.6 Å². The summed E-state index contributed by atoms with van der Waals surface area (Å²) in [5.41, 5.74) is 1.26. The van der Waals surface area contributed by atoms with E-state index in [9.17, 15) is 24.6 Å². The van der Waals surface area contributed by atoms with Crippen LogP contribution in [-0.4, -0.2) is 50.7 Å². The molecule has 4 atom stereocenters. The van der Waals surface area contributed by atoms with E-state index in [1.54, 1.807) is 49.9 Å². The minimum atomic E-state index is -1.07. The summed E-state index contributed by atoms with van der Waals surface area (Å²) in [6, 6.07) is 19.8. The summed E-state index contributed by atoms with van der Waals surface area (Å²) in [5.74, 6) is -0.679. The summed E-state index contributed by atoms with van der Waals surface area (Å²) in [5, 5.41) is 25.8. The van der Waals surface area contributed by atoms with Crippen molar-refractivity contribution in [1.82, 2.24) is 15.5 Å². The predicted molar refractivity (Wildman–Crippen MR) is 159 cm³/mol. The molecule has 4 N–H and O–H groups in total. The van der Waals surface area contributed by atoms with Crippen LogP contribution in [0, 0.1) is 5.92 Å². The lowest BCUT2D eigenvalue weighted by molar-refractivity contribution is -0.143. The molecule has 0 saturated heterocycles. The van der Waals surface area contributed by atoms with Crippen LogP contribution in [0.5, 0.6) is 11.5 Å². The van der Waals surface area contributed by atoms with Gasteiger partial charge in [0.2, 0.25) is 11.8 Å². The van der Waals surface area contributed by atoms with Gasteiger partial charge in [0.05, 0.1) is 0 Å². The number of phenols is 2. The van der Waals surface area contributed by atoms with Crippen LogP contribution in [0.4, 0.5) is 4.79 Å². The number of alkyl carbamates (subject to hydrolysis) is 1. The van der Waals surface area contributed by atoms with Crippen LogP contribution in [-0.2, 0) is 27.3 Å². The van der Waals surface area contributed by atoms with Gasteiger partial charge in [-0.15, -0.1) is 0 Å². The second-order valence-electron chi connectivity index (χ2n) is 11.8. The van der Waals surface area contributed by atoms with Gasteiger partial charge in [-0.3, -0.25) is 9.59 Å². The first-order valence-corrected chi connectivity index (χ1v) is 14.1. The maximum Gasteiger partial charge on any atom is 0.408 e. The summed E-state index contributed by atoms with van der Waals surface area (Å²) >= 11 is 0. The van der Waals surface area contributed by atoms with Gasteiger partial charge in [-0.1, -0.05) is 61.5 Å². The van der Waals surface area contributed by atoms with Crippen LogP contribution in [0.15, 0.2) is 78.9 Å². The zero-order valence-electron chi connectivity index (χ0n) is 24.4. The van der Waals surface area contributed by atoms with Crippen molar-refractivity contribution in [3.05, 3.63) is 95.6 Å². The molecule has 0 aromatic heterocycles. The number of carbonyl (C=O) groups excluding carboxylic acids is 3. The van der Waals surface area contributed by atoms with Gasteiger partial charge in [0, 0.05) is 19.0 Å². The Kier molecular flexibility index (Phi) is 9.40. The van der Waals surface area contributed by atoms with Crippen molar-refractivity contribution in [1.29, 1.82) is 0 Å². The van der Waals surface area contributed by atoms with Crippen molar-refractivity contribution in [2.45, 2.75) is 70.8 Å². The number of amides is 3. The standard InChI is InChI=1S/C33H39N3O6/c1-21-17-28(21)36(29(24-11-8-12-26(38)19-24)30(39)34-20-23-9-6-5-7-10-23)31(40)27(35-32(41)42-33(2,3)4)18-22-13-15-25(37)16-14-22/h5-16,19,21,27-29,37-38H,17-18,20H2,1-4H3,(H,34,39)(H,35,41). The quantitative estimate of drug-likeness (QED) is 0.275. The second kappa shape index (κ2) is 13.0. The summed E-state index contributed by atoms with van der Waals surface area (Å²) in [4.78, 5) is 42.9. The topological polar surface area (TPSA) is 128 Å². The fraction of sp³-hybridized carbons (Fsp3) is 0.364. The fourth-order valence-corrected chi connectivity index (χ4v) is 4.88. The van der Waals surface area contributed by atoms with E-state index in [0.29, 0.717) is 17.5 Å². The Labute approximate surface area is 246 Å². The lowest BCUT2D eigenvalue weighted by Crippen LogP contribution is -2.54. The van der Waals surface area contributed by atoms with Crippen LogP contribution in [0.1, 0.15) is 56.8 Å². The highest BCUT2D eigenvalue weighted by molar-refractivity contribution is 5.93. The molecule has 0 bridgehead atoms. The highest BCUT2D eigenvalue weighted by Crippen LogP contribution is 2.41. The molecule has 1 aliphatic rings. The van der Waals surface area contributed by atoms with Gasteiger partial charge in [-0.2, -0.15) is 0 Å². The van der Waals surface area contributed by atoms with E-state index in [2.05, 4.69) is 10.6 Å². The van der Waals surface area contributed by atoms with Crippen molar-refractivity contribution in [2.75, 3.05) is 0 Å². The number of phenolic OH excluding ortho intramolecular Hbond substituents is 2. The smallest absolute Gasteiger partial charge is 0.408 e. The first-order chi connectivity index (χ1) is 19.9. The number of aromatic hydroxyl groups is 2. The molecule has 0 aliphatic heterocycles. The van der Waals surface area contributed by atoms with Gasteiger partial charge >= 0.3 is 6.09 Å². The molecule has 42 heavy (non-hydrogen) atoms. The van der Waals surface area contributed by atoms with E-state index in [1.807, 2.05) is 37.3 Å². The molecule has 1 saturated carbocycles. The number of carbonyl (C=O) groups is 3.